The van der Waals surface area contributed by atoms with Crippen LogP contribution in [0, 0.1) is 0 Å². The lowest BCUT2D eigenvalue weighted by atomic mass is 10.1. The first kappa shape index (κ1) is 18.1. The molecule has 0 radical (unpaired) electrons. The first-order chi connectivity index (χ1) is 12.0. The fourth-order valence-electron chi connectivity index (χ4n) is 2.14. The number of hydrogen-bond donors (Lipinski definition) is 2. The quantitative estimate of drug-likeness (QED) is 0.756. The Morgan fingerprint density at radius 1 is 1.04 bits per heavy atom. The van der Waals surface area contributed by atoms with E-state index in [9.17, 15) is 18.4 Å². The maximum Gasteiger partial charge on any atom is 0.387 e. The highest BCUT2D eigenvalue weighted by molar-refractivity contribution is 5.95. The maximum atomic E-state index is 12.4. The number of halogens is 2. The number of nitrogens with one attached hydrogen (secondary N) is 1. The van der Waals surface area contributed by atoms with Crippen LogP contribution >= 0.6 is 0 Å². The van der Waals surface area contributed by atoms with Crippen molar-refractivity contribution in [1.82, 2.24) is 5.32 Å². The van der Waals surface area contributed by atoms with Crippen LogP contribution in [0.1, 0.15) is 17.2 Å². The van der Waals surface area contributed by atoms with Gasteiger partial charge in [0, 0.05) is 11.6 Å². The molecular weight excluding hydrogens is 330 g/mol. The van der Waals surface area contributed by atoms with Crippen molar-refractivity contribution in [2.75, 3.05) is 0 Å². The Morgan fingerprint density at radius 2 is 1.68 bits per heavy atom. The van der Waals surface area contributed by atoms with Crippen molar-refractivity contribution >= 4 is 17.9 Å². The third-order valence-corrected chi connectivity index (χ3v) is 3.25. The van der Waals surface area contributed by atoms with Crippen molar-refractivity contribution in [3.05, 3.63) is 71.8 Å². The number of carbonyl (C=O) groups excluding carboxylic acids is 2. The van der Waals surface area contributed by atoms with Crippen LogP contribution < -0.4 is 15.8 Å². The van der Waals surface area contributed by atoms with Gasteiger partial charge >= 0.3 is 6.61 Å². The molecule has 0 bridgehead atoms. The first-order valence-electron chi connectivity index (χ1n) is 7.34. The summed E-state index contributed by atoms with van der Waals surface area (Å²) in [6.45, 7) is -2.97. The number of ether oxygens (including phenoxy) is 1. The zero-order valence-corrected chi connectivity index (χ0v) is 13.1. The largest absolute Gasteiger partial charge is 0.434 e. The average Bonchev–Trinajstić information content (AvgIpc) is 2.59. The summed E-state index contributed by atoms with van der Waals surface area (Å²) in [6.07, 6.45) is 2.43. The molecule has 2 aromatic carbocycles. The van der Waals surface area contributed by atoms with E-state index < -0.39 is 24.5 Å². The van der Waals surface area contributed by atoms with Gasteiger partial charge in [-0.2, -0.15) is 8.78 Å². The zero-order valence-electron chi connectivity index (χ0n) is 13.1. The minimum absolute atomic E-state index is 0.0592. The molecule has 0 aliphatic rings. The van der Waals surface area contributed by atoms with E-state index >= 15 is 0 Å². The van der Waals surface area contributed by atoms with Crippen molar-refractivity contribution in [2.45, 2.75) is 12.7 Å². The maximum absolute atomic E-state index is 12.4. The van der Waals surface area contributed by atoms with E-state index in [2.05, 4.69) is 10.1 Å². The summed E-state index contributed by atoms with van der Waals surface area (Å²) in [6, 6.07) is 13.5. The van der Waals surface area contributed by atoms with Gasteiger partial charge in [0.2, 0.25) is 11.8 Å². The Kier molecular flexibility index (Phi) is 6.22. The topological polar surface area (TPSA) is 81.4 Å². The SMILES string of the molecule is NC(=O)C(NC(=O)/C=C/c1ccccc1OC(F)F)c1ccccc1. The van der Waals surface area contributed by atoms with Gasteiger partial charge in [-0.3, -0.25) is 9.59 Å². The van der Waals surface area contributed by atoms with E-state index in [0.29, 0.717) is 11.1 Å². The molecule has 0 aromatic heterocycles. The van der Waals surface area contributed by atoms with Crippen LogP contribution in [0.15, 0.2) is 60.7 Å². The summed E-state index contributed by atoms with van der Waals surface area (Å²) < 4.78 is 29.1. The molecule has 0 aliphatic carbocycles. The number of alkyl halides is 2. The van der Waals surface area contributed by atoms with E-state index in [1.807, 2.05) is 0 Å². The third-order valence-electron chi connectivity index (χ3n) is 3.25. The molecule has 2 aromatic rings. The second kappa shape index (κ2) is 8.58. The summed E-state index contributed by atoms with van der Waals surface area (Å²) in [4.78, 5) is 23.6. The molecule has 1 unspecified atom stereocenters. The third kappa shape index (κ3) is 5.42. The van der Waals surface area contributed by atoms with E-state index in [1.54, 1.807) is 36.4 Å². The summed E-state index contributed by atoms with van der Waals surface area (Å²) >= 11 is 0. The van der Waals surface area contributed by atoms with Crippen LogP contribution in [0.25, 0.3) is 6.08 Å². The molecular formula is C18H16F2N2O3. The number of hydrogen-bond acceptors (Lipinski definition) is 3. The monoisotopic (exact) mass is 346 g/mol. The Labute approximate surface area is 143 Å². The van der Waals surface area contributed by atoms with Crippen LogP contribution in [0.3, 0.4) is 0 Å². The molecule has 0 aliphatic heterocycles. The van der Waals surface area contributed by atoms with E-state index in [1.165, 1.54) is 24.3 Å². The molecule has 3 N–H and O–H groups in total. The van der Waals surface area contributed by atoms with Gasteiger partial charge in [0.25, 0.3) is 0 Å². The Morgan fingerprint density at radius 3 is 2.32 bits per heavy atom. The van der Waals surface area contributed by atoms with Gasteiger partial charge < -0.3 is 15.8 Å². The minimum Gasteiger partial charge on any atom is -0.434 e. The van der Waals surface area contributed by atoms with Crippen molar-refractivity contribution in [2.24, 2.45) is 5.73 Å². The summed E-state index contributed by atoms with van der Waals surface area (Å²) in [5, 5.41) is 2.47. The molecule has 2 amide bonds. The molecule has 7 heteroatoms. The van der Waals surface area contributed by atoms with Gasteiger partial charge in [0.15, 0.2) is 0 Å². The number of rotatable bonds is 7. The van der Waals surface area contributed by atoms with Crippen molar-refractivity contribution in [1.29, 1.82) is 0 Å². The molecule has 1 atom stereocenters. The first-order valence-corrected chi connectivity index (χ1v) is 7.34. The van der Waals surface area contributed by atoms with Crippen molar-refractivity contribution in [3.63, 3.8) is 0 Å². The second-order valence-electron chi connectivity index (χ2n) is 5.00. The van der Waals surface area contributed by atoms with Crippen LogP contribution in [0.4, 0.5) is 8.78 Å². The normalized spacial score (nSPS) is 12.1. The highest BCUT2D eigenvalue weighted by Gasteiger charge is 2.18. The second-order valence-corrected chi connectivity index (χ2v) is 5.00. The average molecular weight is 346 g/mol. The molecule has 25 heavy (non-hydrogen) atoms. The molecule has 0 saturated heterocycles. The highest BCUT2D eigenvalue weighted by Crippen LogP contribution is 2.21. The van der Waals surface area contributed by atoms with Crippen molar-refractivity contribution < 1.29 is 23.1 Å². The molecule has 0 fully saturated rings. The van der Waals surface area contributed by atoms with Gasteiger partial charge in [-0.25, -0.2) is 0 Å². The number of nitrogens with two attached hydrogens (primary N) is 1. The lowest BCUT2D eigenvalue weighted by Gasteiger charge is -2.14. The highest BCUT2D eigenvalue weighted by atomic mass is 19.3. The smallest absolute Gasteiger partial charge is 0.387 e. The van der Waals surface area contributed by atoms with Gasteiger partial charge in [0.05, 0.1) is 0 Å². The lowest BCUT2D eigenvalue weighted by Crippen LogP contribution is -2.36. The molecule has 130 valence electrons. The standard InChI is InChI=1S/C18H16F2N2O3/c19-18(20)25-14-9-5-4-6-12(14)10-11-15(23)22-16(17(21)24)13-7-2-1-3-8-13/h1-11,16,18H,(H2,21,24)(H,22,23)/b11-10+. The summed E-state index contributed by atoms with van der Waals surface area (Å²) in [7, 11) is 0. The van der Waals surface area contributed by atoms with E-state index in [4.69, 9.17) is 5.73 Å². The predicted octanol–water partition coefficient (Wildman–Crippen LogP) is 2.64. The number of primary amides is 1. The van der Waals surface area contributed by atoms with E-state index in [-0.39, 0.29) is 5.75 Å². The van der Waals surface area contributed by atoms with Crippen LogP contribution in [-0.2, 0) is 9.59 Å². The number of amides is 2. The zero-order chi connectivity index (χ0) is 18.2. The van der Waals surface area contributed by atoms with Gasteiger partial charge in [0.1, 0.15) is 11.8 Å². The number of carbonyl (C=O) groups is 2. The van der Waals surface area contributed by atoms with Gasteiger partial charge in [-0.05, 0) is 17.7 Å². The molecule has 0 saturated carbocycles. The fourth-order valence-corrected chi connectivity index (χ4v) is 2.14. The Balaban J connectivity index is 2.11. The molecule has 0 heterocycles. The summed E-state index contributed by atoms with van der Waals surface area (Å²) in [5.41, 5.74) is 6.16. The van der Waals surface area contributed by atoms with Gasteiger partial charge in [-0.1, -0.05) is 48.5 Å². The van der Waals surface area contributed by atoms with Crippen LogP contribution in [-0.4, -0.2) is 18.4 Å². The fraction of sp³-hybridized carbons (Fsp3) is 0.111. The molecule has 5 nitrogen and oxygen atoms in total. The van der Waals surface area contributed by atoms with Gasteiger partial charge in [-0.15, -0.1) is 0 Å². The number of para-hydroxylation sites is 1. The number of benzene rings is 2. The van der Waals surface area contributed by atoms with E-state index in [0.717, 1.165) is 6.08 Å². The summed E-state index contributed by atoms with van der Waals surface area (Å²) in [5.74, 6) is -1.37. The van der Waals surface area contributed by atoms with Crippen molar-refractivity contribution in [3.8, 4) is 5.75 Å². The minimum atomic E-state index is -2.97. The predicted molar refractivity (Wildman–Crippen MR) is 88.6 cm³/mol. The molecule has 2 rings (SSSR count). The van der Waals surface area contributed by atoms with Crippen LogP contribution in [0.5, 0.6) is 5.75 Å². The molecule has 0 spiro atoms. The Bertz CT molecular complexity index is 764. The lowest BCUT2D eigenvalue weighted by molar-refractivity contribution is -0.125. The Hall–Kier alpha value is -3.22. The van der Waals surface area contributed by atoms with Crippen LogP contribution in [0.2, 0.25) is 0 Å².